The molecule has 0 bridgehead atoms. The van der Waals surface area contributed by atoms with E-state index in [4.69, 9.17) is 5.73 Å². The molecule has 88 valence electrons. The Morgan fingerprint density at radius 2 is 1.94 bits per heavy atom. The highest BCUT2D eigenvalue weighted by molar-refractivity contribution is 6.08. The fraction of sp³-hybridized carbons (Fsp3) is 0. The molecule has 3 aromatic rings. The molecule has 0 unspecified atom stereocenters. The van der Waals surface area contributed by atoms with Gasteiger partial charge in [0.15, 0.2) is 17.3 Å². The lowest BCUT2D eigenvalue weighted by Crippen LogP contribution is -2.03. The molecule has 6 nitrogen and oxygen atoms in total. The van der Waals surface area contributed by atoms with Crippen LogP contribution >= 0.6 is 0 Å². The first-order chi connectivity index (χ1) is 8.75. The van der Waals surface area contributed by atoms with Crippen molar-refractivity contribution in [3.8, 4) is 0 Å². The van der Waals surface area contributed by atoms with E-state index in [9.17, 15) is 4.79 Å². The summed E-state index contributed by atoms with van der Waals surface area (Å²) in [5, 5.41) is 0. The number of H-pyrrole nitrogens is 1. The van der Waals surface area contributed by atoms with Gasteiger partial charge in [0.1, 0.15) is 11.8 Å². The highest BCUT2D eigenvalue weighted by atomic mass is 16.1. The van der Waals surface area contributed by atoms with Gasteiger partial charge in [-0.15, -0.1) is 0 Å². The van der Waals surface area contributed by atoms with Crippen LogP contribution in [0.5, 0.6) is 0 Å². The van der Waals surface area contributed by atoms with E-state index in [0.29, 0.717) is 16.7 Å². The molecule has 2 aromatic heterocycles. The lowest BCUT2D eigenvalue weighted by molar-refractivity contribution is 0.103. The summed E-state index contributed by atoms with van der Waals surface area (Å²) in [5.41, 5.74) is 7.11. The zero-order valence-electron chi connectivity index (χ0n) is 9.29. The van der Waals surface area contributed by atoms with Gasteiger partial charge in [-0.1, -0.05) is 30.3 Å². The smallest absolute Gasteiger partial charge is 0.228 e. The largest absolute Gasteiger partial charge is 0.382 e. The molecular formula is C12H9N5O. The summed E-state index contributed by atoms with van der Waals surface area (Å²) in [6, 6.07) is 8.89. The van der Waals surface area contributed by atoms with E-state index < -0.39 is 0 Å². The molecule has 0 fully saturated rings. The van der Waals surface area contributed by atoms with Crippen LogP contribution in [0.4, 0.5) is 5.82 Å². The number of anilines is 1. The molecule has 3 N–H and O–H groups in total. The number of nitrogens with one attached hydrogen (secondary N) is 1. The fourth-order valence-corrected chi connectivity index (χ4v) is 1.68. The van der Waals surface area contributed by atoms with Gasteiger partial charge in [0.05, 0.1) is 0 Å². The predicted octanol–water partition coefficient (Wildman–Crippen LogP) is 1.17. The molecule has 6 heteroatoms. The quantitative estimate of drug-likeness (QED) is 0.654. The van der Waals surface area contributed by atoms with Crippen molar-refractivity contribution in [2.24, 2.45) is 0 Å². The highest BCUT2D eigenvalue weighted by Crippen LogP contribution is 2.15. The molecular weight excluding hydrogens is 230 g/mol. The van der Waals surface area contributed by atoms with Crippen molar-refractivity contribution in [1.29, 1.82) is 0 Å². The Hall–Kier alpha value is -2.76. The SMILES string of the molecule is Nc1ncnc2nc(C(=O)c3ccccc3)[nH]c12. The normalized spacial score (nSPS) is 10.7. The monoisotopic (exact) mass is 239 g/mol. The van der Waals surface area contributed by atoms with Crippen LogP contribution in [0.1, 0.15) is 16.2 Å². The molecule has 0 aliphatic carbocycles. The van der Waals surface area contributed by atoms with Crippen LogP contribution in [0.3, 0.4) is 0 Å². The lowest BCUT2D eigenvalue weighted by atomic mass is 10.1. The van der Waals surface area contributed by atoms with Gasteiger partial charge in [-0.25, -0.2) is 15.0 Å². The number of carbonyl (C=O) groups excluding carboxylic acids is 1. The molecule has 0 atom stereocenters. The Balaban J connectivity index is 2.10. The fourth-order valence-electron chi connectivity index (χ4n) is 1.68. The summed E-state index contributed by atoms with van der Waals surface area (Å²) in [6.07, 6.45) is 1.31. The first-order valence-corrected chi connectivity index (χ1v) is 5.31. The minimum absolute atomic E-state index is 0.201. The summed E-state index contributed by atoms with van der Waals surface area (Å²) in [6.45, 7) is 0. The number of hydrogen-bond acceptors (Lipinski definition) is 5. The van der Waals surface area contributed by atoms with E-state index in [0.717, 1.165) is 0 Å². The van der Waals surface area contributed by atoms with Crippen LogP contribution in [-0.4, -0.2) is 25.7 Å². The maximum Gasteiger partial charge on any atom is 0.228 e. The molecule has 0 spiro atoms. The van der Waals surface area contributed by atoms with Crippen LogP contribution in [0, 0.1) is 0 Å². The second-order valence-corrected chi connectivity index (χ2v) is 3.74. The predicted molar refractivity (Wildman–Crippen MR) is 66.0 cm³/mol. The molecule has 3 rings (SSSR count). The van der Waals surface area contributed by atoms with Gasteiger partial charge in [0.2, 0.25) is 5.78 Å². The van der Waals surface area contributed by atoms with Crippen molar-refractivity contribution in [3.63, 3.8) is 0 Å². The second-order valence-electron chi connectivity index (χ2n) is 3.74. The molecule has 0 aliphatic heterocycles. The number of imidazole rings is 1. The van der Waals surface area contributed by atoms with Crippen LogP contribution in [0.15, 0.2) is 36.7 Å². The Labute approximate surface area is 102 Å². The van der Waals surface area contributed by atoms with Gasteiger partial charge in [0, 0.05) is 5.56 Å². The van der Waals surface area contributed by atoms with Gasteiger partial charge in [-0.05, 0) is 0 Å². The number of nitrogens with two attached hydrogens (primary N) is 1. The number of ketones is 1. The summed E-state index contributed by atoms with van der Waals surface area (Å²) in [7, 11) is 0. The van der Waals surface area contributed by atoms with Crippen molar-refractivity contribution >= 4 is 22.8 Å². The van der Waals surface area contributed by atoms with Gasteiger partial charge in [-0.2, -0.15) is 0 Å². The molecule has 0 saturated carbocycles. The molecule has 0 radical (unpaired) electrons. The summed E-state index contributed by atoms with van der Waals surface area (Å²) in [5.74, 6) is 0.288. The van der Waals surface area contributed by atoms with Crippen LogP contribution < -0.4 is 5.73 Å². The number of hydrogen-bond donors (Lipinski definition) is 2. The van der Waals surface area contributed by atoms with E-state index in [1.54, 1.807) is 24.3 Å². The zero-order chi connectivity index (χ0) is 12.5. The molecule has 2 heterocycles. The molecule has 18 heavy (non-hydrogen) atoms. The van der Waals surface area contributed by atoms with E-state index in [1.165, 1.54) is 6.33 Å². The maximum atomic E-state index is 12.1. The standard InChI is InChI=1S/C12H9N5O/c13-10-8-11(15-6-14-10)17-12(16-8)9(18)7-4-2-1-3-5-7/h1-6H,(H3,13,14,15,16,17). The average Bonchev–Trinajstić information content (AvgIpc) is 2.84. The Kier molecular flexibility index (Phi) is 2.26. The minimum atomic E-state index is -0.201. The molecule has 0 amide bonds. The topological polar surface area (TPSA) is 97.5 Å². The van der Waals surface area contributed by atoms with Crippen molar-refractivity contribution in [1.82, 2.24) is 19.9 Å². The number of nitrogen functional groups attached to an aromatic ring is 1. The zero-order valence-corrected chi connectivity index (χ0v) is 9.29. The third kappa shape index (κ3) is 1.60. The van der Waals surface area contributed by atoms with E-state index in [-0.39, 0.29) is 17.4 Å². The Bertz CT molecular complexity index is 720. The van der Waals surface area contributed by atoms with Gasteiger partial charge >= 0.3 is 0 Å². The number of benzene rings is 1. The summed E-state index contributed by atoms with van der Waals surface area (Å²) in [4.78, 5) is 26.9. The van der Waals surface area contributed by atoms with Crippen molar-refractivity contribution in [2.45, 2.75) is 0 Å². The lowest BCUT2D eigenvalue weighted by Gasteiger charge is -1.95. The Morgan fingerprint density at radius 1 is 1.17 bits per heavy atom. The number of aromatic amines is 1. The number of carbonyl (C=O) groups is 1. The van der Waals surface area contributed by atoms with Crippen LogP contribution in [0.25, 0.3) is 11.2 Å². The highest BCUT2D eigenvalue weighted by Gasteiger charge is 2.15. The number of nitrogens with zero attached hydrogens (tertiary/aromatic N) is 3. The van der Waals surface area contributed by atoms with Crippen LogP contribution in [0.2, 0.25) is 0 Å². The number of fused-ring (bicyclic) bond motifs is 1. The van der Waals surface area contributed by atoms with Gasteiger partial charge in [-0.3, -0.25) is 4.79 Å². The summed E-state index contributed by atoms with van der Waals surface area (Å²) >= 11 is 0. The van der Waals surface area contributed by atoms with Crippen molar-refractivity contribution in [2.75, 3.05) is 5.73 Å². The van der Waals surface area contributed by atoms with Crippen molar-refractivity contribution in [3.05, 3.63) is 48.0 Å². The molecule has 0 aliphatic rings. The molecule has 1 aromatic carbocycles. The van der Waals surface area contributed by atoms with Crippen molar-refractivity contribution < 1.29 is 4.79 Å². The Morgan fingerprint density at radius 3 is 2.67 bits per heavy atom. The minimum Gasteiger partial charge on any atom is -0.382 e. The molecule has 0 saturated heterocycles. The number of rotatable bonds is 2. The number of aromatic nitrogens is 4. The third-order valence-corrected chi connectivity index (χ3v) is 2.57. The van der Waals surface area contributed by atoms with E-state index in [1.807, 2.05) is 6.07 Å². The second kappa shape index (κ2) is 3.92. The summed E-state index contributed by atoms with van der Waals surface area (Å²) < 4.78 is 0. The van der Waals surface area contributed by atoms with Crippen LogP contribution in [-0.2, 0) is 0 Å². The first-order valence-electron chi connectivity index (χ1n) is 5.31. The third-order valence-electron chi connectivity index (χ3n) is 2.57. The average molecular weight is 239 g/mol. The first kappa shape index (κ1) is 10.4. The van der Waals surface area contributed by atoms with Gasteiger partial charge < -0.3 is 10.7 Å². The van der Waals surface area contributed by atoms with Gasteiger partial charge in [0.25, 0.3) is 0 Å². The van der Waals surface area contributed by atoms with E-state index >= 15 is 0 Å². The van der Waals surface area contributed by atoms with E-state index in [2.05, 4.69) is 19.9 Å². The maximum absolute atomic E-state index is 12.1.